The highest BCUT2D eigenvalue weighted by Crippen LogP contribution is 2.29. The number of carbonyl (C=O) groups excluding carboxylic acids is 1. The molecule has 104 valence electrons. The molecule has 1 aromatic carbocycles. The number of hydrogen-bond donors (Lipinski definition) is 1. The molecule has 11 heteroatoms. The predicted octanol–water partition coefficient (Wildman–Crippen LogP) is 2.63. The van der Waals surface area contributed by atoms with Crippen molar-refractivity contribution >= 4 is 40.2 Å². The first kappa shape index (κ1) is 14.2. The number of carbonyl (C=O) groups is 1. The Balaban J connectivity index is 2.38. The molecule has 1 amide bonds. The highest BCUT2D eigenvalue weighted by Gasteiger charge is 2.24. The molecular formula is C9H3ClF2N4O3S. The van der Waals surface area contributed by atoms with Crippen LogP contribution in [0.25, 0.3) is 0 Å². The third-order valence-corrected chi connectivity index (χ3v) is 3.08. The van der Waals surface area contributed by atoms with Crippen LogP contribution in [0.15, 0.2) is 12.1 Å². The van der Waals surface area contributed by atoms with Gasteiger partial charge in [0.1, 0.15) is 5.82 Å². The van der Waals surface area contributed by atoms with Gasteiger partial charge in [-0.1, -0.05) is 11.3 Å². The monoisotopic (exact) mass is 320 g/mol. The highest BCUT2D eigenvalue weighted by atomic mass is 35.5. The molecule has 2 rings (SSSR count). The quantitative estimate of drug-likeness (QED) is 0.692. The molecule has 0 aliphatic rings. The van der Waals surface area contributed by atoms with Crippen molar-refractivity contribution in [1.82, 2.24) is 10.2 Å². The molecule has 0 aliphatic carbocycles. The van der Waals surface area contributed by atoms with E-state index < -0.39 is 33.8 Å². The van der Waals surface area contributed by atoms with E-state index >= 15 is 0 Å². The Morgan fingerprint density at radius 2 is 2.10 bits per heavy atom. The Bertz CT molecular complexity index is 708. The van der Waals surface area contributed by atoms with Crippen LogP contribution >= 0.6 is 22.9 Å². The van der Waals surface area contributed by atoms with Gasteiger partial charge in [-0.2, -0.15) is 0 Å². The van der Waals surface area contributed by atoms with E-state index in [1.807, 2.05) is 5.32 Å². The van der Waals surface area contributed by atoms with Gasteiger partial charge >= 0.3 is 0 Å². The first-order chi connectivity index (χ1) is 9.38. The molecule has 0 bridgehead atoms. The minimum atomic E-state index is -1.28. The van der Waals surface area contributed by atoms with Crippen LogP contribution in [0.5, 0.6) is 0 Å². The molecule has 0 aliphatic heterocycles. The normalized spacial score (nSPS) is 10.3. The van der Waals surface area contributed by atoms with Crippen LogP contribution in [0.4, 0.5) is 20.2 Å². The van der Waals surface area contributed by atoms with Crippen molar-refractivity contribution < 1.29 is 18.5 Å². The van der Waals surface area contributed by atoms with E-state index in [1.165, 1.54) is 0 Å². The van der Waals surface area contributed by atoms with E-state index in [4.69, 9.17) is 11.6 Å². The van der Waals surface area contributed by atoms with Crippen molar-refractivity contribution in [3.05, 3.63) is 43.4 Å². The second kappa shape index (κ2) is 5.43. The van der Waals surface area contributed by atoms with Gasteiger partial charge in [0.2, 0.25) is 9.47 Å². The second-order valence-electron chi connectivity index (χ2n) is 3.35. The summed E-state index contributed by atoms with van der Waals surface area (Å²) in [5.74, 6) is -3.35. The Morgan fingerprint density at radius 3 is 2.65 bits per heavy atom. The summed E-state index contributed by atoms with van der Waals surface area (Å²) in [5.41, 5.74) is -1.67. The summed E-state index contributed by atoms with van der Waals surface area (Å²) in [4.78, 5) is 21.4. The minimum Gasteiger partial charge on any atom is -0.312 e. The van der Waals surface area contributed by atoms with Gasteiger partial charge in [-0.25, -0.2) is 8.78 Å². The van der Waals surface area contributed by atoms with Crippen LogP contribution in [-0.2, 0) is 0 Å². The number of halogens is 3. The number of hydrogen-bond acceptors (Lipinski definition) is 6. The van der Waals surface area contributed by atoms with E-state index in [0.717, 1.165) is 0 Å². The van der Waals surface area contributed by atoms with Crippen molar-refractivity contribution in [3.63, 3.8) is 0 Å². The van der Waals surface area contributed by atoms with E-state index in [1.54, 1.807) is 0 Å². The predicted molar refractivity (Wildman–Crippen MR) is 65.9 cm³/mol. The molecular weight excluding hydrogens is 318 g/mol. The van der Waals surface area contributed by atoms with Gasteiger partial charge < -0.3 is 5.32 Å². The summed E-state index contributed by atoms with van der Waals surface area (Å²) >= 11 is 6.18. The van der Waals surface area contributed by atoms with E-state index in [2.05, 4.69) is 10.2 Å². The first-order valence-corrected chi connectivity index (χ1v) is 6.01. The number of nitrogens with one attached hydrogen (secondary N) is 1. The van der Waals surface area contributed by atoms with Crippen LogP contribution in [0.1, 0.15) is 9.80 Å². The maximum atomic E-state index is 13.5. The zero-order valence-electron chi connectivity index (χ0n) is 9.26. The minimum absolute atomic E-state index is 0.0239. The lowest BCUT2D eigenvalue weighted by Crippen LogP contribution is -2.14. The third kappa shape index (κ3) is 2.86. The summed E-state index contributed by atoms with van der Waals surface area (Å²) in [5, 5.41) is 19.2. The number of rotatable bonds is 3. The molecule has 1 N–H and O–H groups in total. The molecule has 0 fully saturated rings. The fourth-order valence-electron chi connectivity index (χ4n) is 1.29. The van der Waals surface area contributed by atoms with Crippen molar-refractivity contribution in [2.24, 2.45) is 0 Å². The molecule has 1 heterocycles. The number of aromatic nitrogens is 2. The van der Waals surface area contributed by atoms with Crippen LogP contribution in [0.3, 0.4) is 0 Å². The van der Waals surface area contributed by atoms with Gasteiger partial charge in [-0.15, -0.1) is 10.2 Å². The molecule has 0 saturated carbocycles. The number of amides is 1. The maximum absolute atomic E-state index is 13.5. The van der Waals surface area contributed by atoms with E-state index in [9.17, 15) is 23.7 Å². The number of benzene rings is 1. The molecule has 20 heavy (non-hydrogen) atoms. The van der Waals surface area contributed by atoms with Gasteiger partial charge in [0.15, 0.2) is 11.5 Å². The van der Waals surface area contributed by atoms with Gasteiger partial charge in [0, 0.05) is 6.07 Å². The van der Waals surface area contributed by atoms with Gasteiger partial charge in [-0.05, 0) is 11.6 Å². The lowest BCUT2D eigenvalue weighted by molar-refractivity contribution is -0.384. The lowest BCUT2D eigenvalue weighted by atomic mass is 10.2. The van der Waals surface area contributed by atoms with Crippen LogP contribution < -0.4 is 5.32 Å². The van der Waals surface area contributed by atoms with Crippen molar-refractivity contribution in [2.75, 3.05) is 5.32 Å². The van der Waals surface area contributed by atoms with Crippen molar-refractivity contribution in [3.8, 4) is 0 Å². The van der Waals surface area contributed by atoms with Gasteiger partial charge in [-0.3, -0.25) is 14.9 Å². The fourth-order valence-corrected chi connectivity index (χ4v) is 2.02. The third-order valence-electron chi connectivity index (χ3n) is 2.06. The molecule has 0 spiro atoms. The van der Waals surface area contributed by atoms with Crippen LogP contribution in [0, 0.1) is 21.7 Å². The average Bonchev–Trinajstić information content (AvgIpc) is 2.78. The van der Waals surface area contributed by atoms with Gasteiger partial charge in [0.25, 0.3) is 11.6 Å². The van der Waals surface area contributed by atoms with Crippen molar-refractivity contribution in [1.29, 1.82) is 0 Å². The Morgan fingerprint density at radius 1 is 1.40 bits per heavy atom. The SMILES string of the molecule is O=C(Nc1c(F)cc(F)cc1[N+](=O)[O-])c1nnc(Cl)s1. The number of anilines is 1. The number of nitrogens with zero attached hydrogens (tertiary/aromatic N) is 3. The van der Waals surface area contributed by atoms with E-state index in [0.29, 0.717) is 23.5 Å². The molecule has 0 radical (unpaired) electrons. The lowest BCUT2D eigenvalue weighted by Gasteiger charge is -2.05. The molecule has 1 aromatic heterocycles. The summed E-state index contributed by atoms with van der Waals surface area (Å²) in [6.45, 7) is 0. The smallest absolute Gasteiger partial charge is 0.298 e. The zero-order chi connectivity index (χ0) is 14.9. The fraction of sp³-hybridized carbons (Fsp3) is 0. The summed E-state index contributed by atoms with van der Waals surface area (Å²) < 4.78 is 26.4. The Hall–Kier alpha value is -2.20. The average molecular weight is 321 g/mol. The van der Waals surface area contributed by atoms with Crippen LogP contribution in [-0.4, -0.2) is 21.0 Å². The van der Waals surface area contributed by atoms with Crippen molar-refractivity contribution in [2.45, 2.75) is 0 Å². The van der Waals surface area contributed by atoms with Gasteiger partial charge in [0.05, 0.1) is 11.0 Å². The van der Waals surface area contributed by atoms with E-state index in [-0.39, 0.29) is 9.47 Å². The molecule has 0 atom stereocenters. The standard InChI is InChI=1S/C9H3ClF2N4O3S/c10-9-15-14-8(20-9)7(17)13-6-4(12)1-3(11)2-5(6)16(18)19/h1-2H,(H,13,17). The second-order valence-corrected chi connectivity index (χ2v) is 4.91. The Labute approximate surface area is 118 Å². The molecule has 2 aromatic rings. The molecule has 0 saturated heterocycles. The maximum Gasteiger partial charge on any atom is 0.298 e. The molecule has 0 unspecified atom stereocenters. The summed E-state index contributed by atoms with van der Waals surface area (Å²) in [6.07, 6.45) is 0. The first-order valence-electron chi connectivity index (χ1n) is 4.82. The summed E-state index contributed by atoms with van der Waals surface area (Å²) in [6, 6.07) is 0.904. The highest BCUT2D eigenvalue weighted by molar-refractivity contribution is 7.17. The molecule has 7 nitrogen and oxygen atoms in total. The summed E-state index contributed by atoms with van der Waals surface area (Å²) in [7, 11) is 0. The largest absolute Gasteiger partial charge is 0.312 e. The van der Waals surface area contributed by atoms with Crippen LogP contribution in [0.2, 0.25) is 4.47 Å². The Kier molecular flexibility index (Phi) is 3.86. The number of nitro benzene ring substituents is 1. The zero-order valence-corrected chi connectivity index (χ0v) is 10.8. The topological polar surface area (TPSA) is 98.0 Å². The number of nitro groups is 1.